The molecule has 1 aliphatic heterocycles. The first-order valence-electron chi connectivity index (χ1n) is 11.5. The molecule has 8 nitrogen and oxygen atoms in total. The second-order valence-electron chi connectivity index (χ2n) is 9.05. The number of carbonyl (C=O) groups is 1. The summed E-state index contributed by atoms with van der Waals surface area (Å²) in [6.45, 7) is 8.77. The van der Waals surface area contributed by atoms with E-state index in [9.17, 15) is 4.79 Å². The Kier molecular flexibility index (Phi) is 7.88. The van der Waals surface area contributed by atoms with Crippen molar-refractivity contribution < 1.29 is 4.79 Å². The molecule has 0 unspecified atom stereocenters. The summed E-state index contributed by atoms with van der Waals surface area (Å²) in [5.74, 6) is 0.843. The number of nitrogen functional groups attached to an aromatic ring is 1. The second-order valence-corrected chi connectivity index (χ2v) is 9.05. The lowest BCUT2D eigenvalue weighted by molar-refractivity contribution is 0.0625. The van der Waals surface area contributed by atoms with Crippen LogP contribution in [-0.4, -0.2) is 89.6 Å². The monoisotopic (exact) mass is 417 g/mol. The average Bonchev–Trinajstić information content (AvgIpc) is 2.69. The van der Waals surface area contributed by atoms with Gasteiger partial charge < -0.3 is 20.9 Å². The molecule has 2 aliphatic rings. The number of hydrogen-bond donors (Lipinski definition) is 2. The molecular formula is C22H39N7O. The second kappa shape index (κ2) is 10.4. The fraction of sp³-hybridized carbons (Fsp3) is 0.773. The minimum Gasteiger partial charge on any atom is -0.368 e. The van der Waals surface area contributed by atoms with Crippen molar-refractivity contribution in [1.29, 1.82) is 0 Å². The van der Waals surface area contributed by atoms with Gasteiger partial charge in [-0.1, -0.05) is 6.92 Å². The number of carbonyl (C=O) groups excluding carboxylic acids is 1. The van der Waals surface area contributed by atoms with E-state index in [0.717, 1.165) is 70.5 Å². The molecular weight excluding hydrogens is 378 g/mol. The number of hydrogen-bond acceptors (Lipinski definition) is 6. The van der Waals surface area contributed by atoms with Crippen molar-refractivity contribution >= 4 is 12.0 Å². The van der Waals surface area contributed by atoms with E-state index in [1.807, 2.05) is 11.1 Å². The van der Waals surface area contributed by atoms with Gasteiger partial charge >= 0.3 is 6.03 Å². The Labute approximate surface area is 181 Å². The average molecular weight is 418 g/mol. The van der Waals surface area contributed by atoms with E-state index in [1.165, 1.54) is 5.56 Å². The zero-order valence-electron chi connectivity index (χ0n) is 19.1. The number of fused-ring (bicyclic) bond motifs is 2. The molecule has 168 valence electrons. The van der Waals surface area contributed by atoms with Crippen LogP contribution < -0.4 is 11.1 Å². The Hall–Kier alpha value is -1.93. The van der Waals surface area contributed by atoms with Crippen LogP contribution in [0, 0.1) is 5.92 Å². The Bertz CT molecular complexity index is 711. The summed E-state index contributed by atoms with van der Waals surface area (Å²) in [5, 5.41) is 3.34. The number of amides is 2. The van der Waals surface area contributed by atoms with Gasteiger partial charge in [-0.05, 0) is 77.7 Å². The molecule has 0 bridgehead atoms. The van der Waals surface area contributed by atoms with E-state index in [2.05, 4.69) is 53.0 Å². The highest BCUT2D eigenvalue weighted by Gasteiger charge is 2.40. The fourth-order valence-electron chi connectivity index (χ4n) is 5.00. The predicted octanol–water partition coefficient (Wildman–Crippen LogP) is 1.61. The third-order valence-corrected chi connectivity index (χ3v) is 6.45. The van der Waals surface area contributed by atoms with Crippen LogP contribution in [0.25, 0.3) is 0 Å². The zero-order chi connectivity index (χ0) is 21.7. The van der Waals surface area contributed by atoms with Crippen molar-refractivity contribution in [1.82, 2.24) is 30.0 Å². The van der Waals surface area contributed by atoms with Crippen molar-refractivity contribution in [2.45, 2.75) is 58.0 Å². The lowest BCUT2D eigenvalue weighted by atomic mass is 9.76. The summed E-state index contributed by atoms with van der Waals surface area (Å²) < 4.78 is 0. The van der Waals surface area contributed by atoms with Crippen LogP contribution in [0.2, 0.25) is 0 Å². The first-order valence-corrected chi connectivity index (χ1v) is 11.5. The molecule has 1 aromatic heterocycles. The van der Waals surface area contributed by atoms with Crippen LogP contribution >= 0.6 is 0 Å². The SMILES string of the molecule is CCCN1C[C@@H](NC(=O)N(CC)CCCN(C)C)C[C@@H]2Cc3nc(N)ncc3C[C@H]21. The molecule has 2 amide bonds. The maximum atomic E-state index is 12.9. The number of nitrogens with zero attached hydrogens (tertiary/aromatic N) is 5. The predicted molar refractivity (Wildman–Crippen MR) is 120 cm³/mol. The van der Waals surface area contributed by atoms with Gasteiger partial charge in [0.05, 0.1) is 0 Å². The normalized spacial score (nSPS) is 23.7. The third-order valence-electron chi connectivity index (χ3n) is 6.45. The zero-order valence-corrected chi connectivity index (χ0v) is 19.1. The van der Waals surface area contributed by atoms with Crippen molar-refractivity contribution in [3.05, 3.63) is 17.5 Å². The Morgan fingerprint density at radius 2 is 2.10 bits per heavy atom. The Morgan fingerprint density at radius 1 is 1.30 bits per heavy atom. The van der Waals surface area contributed by atoms with Crippen LogP contribution in [0.5, 0.6) is 0 Å². The van der Waals surface area contributed by atoms with Crippen LogP contribution in [0.3, 0.4) is 0 Å². The fourth-order valence-corrected chi connectivity index (χ4v) is 5.00. The number of nitrogens with one attached hydrogen (secondary N) is 1. The number of likely N-dealkylation sites (tertiary alicyclic amines) is 1. The van der Waals surface area contributed by atoms with Gasteiger partial charge in [0.15, 0.2) is 0 Å². The molecule has 0 saturated carbocycles. The highest BCUT2D eigenvalue weighted by Crippen LogP contribution is 2.34. The molecule has 0 radical (unpaired) electrons. The molecule has 1 aliphatic carbocycles. The summed E-state index contributed by atoms with van der Waals surface area (Å²) >= 11 is 0. The van der Waals surface area contributed by atoms with E-state index in [-0.39, 0.29) is 12.1 Å². The number of rotatable bonds is 8. The van der Waals surface area contributed by atoms with Crippen LogP contribution in [-0.2, 0) is 12.8 Å². The van der Waals surface area contributed by atoms with Gasteiger partial charge in [0.2, 0.25) is 5.95 Å². The van der Waals surface area contributed by atoms with Gasteiger partial charge in [-0.2, -0.15) is 0 Å². The maximum Gasteiger partial charge on any atom is 0.317 e. The smallest absolute Gasteiger partial charge is 0.317 e. The van der Waals surface area contributed by atoms with Crippen molar-refractivity contribution in [3.8, 4) is 0 Å². The van der Waals surface area contributed by atoms with Crippen molar-refractivity contribution in [2.75, 3.05) is 52.6 Å². The first kappa shape index (κ1) is 22.7. The van der Waals surface area contributed by atoms with E-state index in [4.69, 9.17) is 5.73 Å². The lowest BCUT2D eigenvalue weighted by Crippen LogP contribution is -2.59. The van der Waals surface area contributed by atoms with Gasteiger partial charge in [0.25, 0.3) is 0 Å². The topological polar surface area (TPSA) is 90.6 Å². The highest BCUT2D eigenvalue weighted by molar-refractivity contribution is 5.74. The van der Waals surface area contributed by atoms with Crippen LogP contribution in [0.4, 0.5) is 10.7 Å². The largest absolute Gasteiger partial charge is 0.368 e. The molecule has 1 fully saturated rings. The number of urea groups is 1. The van der Waals surface area contributed by atoms with Crippen molar-refractivity contribution in [3.63, 3.8) is 0 Å². The summed E-state index contributed by atoms with van der Waals surface area (Å²) in [7, 11) is 4.13. The molecule has 1 aromatic rings. The number of nitrogens with two attached hydrogens (primary N) is 1. The lowest BCUT2D eigenvalue weighted by Gasteiger charge is -2.47. The summed E-state index contributed by atoms with van der Waals surface area (Å²) in [6.07, 6.45) is 6.89. The molecule has 8 heteroatoms. The van der Waals surface area contributed by atoms with Gasteiger partial charge in [-0.15, -0.1) is 0 Å². The minimum absolute atomic E-state index is 0.0685. The standard InChI is InChI=1S/C22H39N7O/c1-5-8-29-15-18(25-22(30)28(6-2)10-7-9-27(3)4)11-16-12-19-17(13-20(16)29)14-24-21(23)26-19/h14,16,18,20H,5-13,15H2,1-4H3,(H,25,30)(H2,23,24,26)/t16-,18+,20-/m1/s1. The third kappa shape index (κ3) is 5.60. The minimum atomic E-state index is 0.0685. The van der Waals surface area contributed by atoms with E-state index in [0.29, 0.717) is 17.9 Å². The molecule has 2 heterocycles. The first-order chi connectivity index (χ1) is 14.4. The molecule has 1 saturated heterocycles. The van der Waals surface area contributed by atoms with Crippen LogP contribution in [0.1, 0.15) is 44.4 Å². The molecule has 3 atom stereocenters. The molecule has 3 rings (SSSR count). The summed E-state index contributed by atoms with van der Waals surface area (Å²) in [6, 6.07) is 0.744. The van der Waals surface area contributed by atoms with Crippen LogP contribution in [0.15, 0.2) is 6.20 Å². The summed E-state index contributed by atoms with van der Waals surface area (Å²) in [5.41, 5.74) is 8.14. The van der Waals surface area contributed by atoms with Gasteiger partial charge in [-0.25, -0.2) is 14.8 Å². The Balaban J connectivity index is 1.65. The van der Waals surface area contributed by atoms with E-state index < -0.39 is 0 Å². The maximum absolute atomic E-state index is 12.9. The van der Waals surface area contributed by atoms with Crippen molar-refractivity contribution in [2.24, 2.45) is 5.92 Å². The molecule has 0 spiro atoms. The van der Waals surface area contributed by atoms with Gasteiger partial charge in [0.1, 0.15) is 0 Å². The molecule has 3 N–H and O–H groups in total. The summed E-state index contributed by atoms with van der Waals surface area (Å²) in [4.78, 5) is 28.3. The van der Waals surface area contributed by atoms with E-state index in [1.54, 1.807) is 0 Å². The number of anilines is 1. The number of piperidine rings is 1. The molecule has 30 heavy (non-hydrogen) atoms. The van der Waals surface area contributed by atoms with Gasteiger partial charge in [-0.3, -0.25) is 4.90 Å². The number of aromatic nitrogens is 2. The van der Waals surface area contributed by atoms with Gasteiger partial charge in [0, 0.05) is 43.6 Å². The van der Waals surface area contributed by atoms with E-state index >= 15 is 0 Å². The molecule has 0 aromatic carbocycles. The quantitative estimate of drug-likeness (QED) is 0.668. The Morgan fingerprint density at radius 3 is 2.80 bits per heavy atom. The highest BCUT2D eigenvalue weighted by atomic mass is 16.2.